The molecule has 0 aromatic rings. The van der Waals surface area contributed by atoms with E-state index in [4.69, 9.17) is 10.2 Å². The normalized spacial score (nSPS) is 10.4. The second-order valence-corrected chi connectivity index (χ2v) is 7.94. The molecule has 0 fully saturated rings. The molecule has 0 radical (unpaired) electrons. The zero-order valence-corrected chi connectivity index (χ0v) is 18.9. The first-order chi connectivity index (χ1) is 13.5. The Balaban J connectivity index is 0. The molecule has 0 saturated heterocycles. The molecule has 28 heavy (non-hydrogen) atoms. The van der Waals surface area contributed by atoms with Crippen LogP contribution in [0.2, 0.25) is 0 Å². The van der Waals surface area contributed by atoms with Crippen LogP contribution in [0.5, 0.6) is 0 Å². The molecular weight excluding hydrogens is 352 g/mol. The van der Waals surface area contributed by atoms with E-state index in [2.05, 4.69) is 13.8 Å². The van der Waals surface area contributed by atoms with Crippen molar-refractivity contribution < 1.29 is 19.8 Å². The molecular formula is C24H48O4. The summed E-state index contributed by atoms with van der Waals surface area (Å²) in [4.78, 5) is 20.4. The highest BCUT2D eigenvalue weighted by molar-refractivity contribution is 5.66. The molecule has 0 aromatic carbocycles. The second-order valence-electron chi connectivity index (χ2n) is 7.94. The largest absolute Gasteiger partial charge is 0.481 e. The summed E-state index contributed by atoms with van der Waals surface area (Å²) in [5.41, 5.74) is 0. The van der Waals surface area contributed by atoms with Gasteiger partial charge in [0.25, 0.3) is 0 Å². The molecule has 0 unspecified atom stereocenters. The third-order valence-corrected chi connectivity index (χ3v) is 4.99. The lowest BCUT2D eigenvalue weighted by Crippen LogP contribution is -1.94. The lowest BCUT2D eigenvalue weighted by molar-refractivity contribution is -0.138. The molecule has 0 aromatic heterocycles. The minimum Gasteiger partial charge on any atom is -0.481 e. The molecule has 2 N–H and O–H groups in total. The van der Waals surface area contributed by atoms with Crippen molar-refractivity contribution in [1.82, 2.24) is 0 Å². The first-order valence-electron chi connectivity index (χ1n) is 12.0. The van der Waals surface area contributed by atoms with Gasteiger partial charge >= 0.3 is 11.9 Å². The molecule has 0 aliphatic rings. The van der Waals surface area contributed by atoms with Gasteiger partial charge < -0.3 is 10.2 Å². The predicted octanol–water partition coefficient (Wildman–Crippen LogP) is 7.98. The fourth-order valence-electron chi connectivity index (χ4n) is 3.17. The minimum absolute atomic E-state index is 0.276. The summed E-state index contributed by atoms with van der Waals surface area (Å²) in [5, 5.41) is 16.8. The van der Waals surface area contributed by atoms with Crippen molar-refractivity contribution in [3.63, 3.8) is 0 Å². The smallest absolute Gasteiger partial charge is 0.303 e. The van der Waals surface area contributed by atoms with Gasteiger partial charge in [-0.1, -0.05) is 117 Å². The third-order valence-electron chi connectivity index (χ3n) is 4.99. The standard InChI is InChI=1S/C12H22O4.C12H26/c13-11(14)9-7-5-3-1-2-4-6-8-10-12(15)16;1-3-5-7-9-11-12-10-8-6-4-2/h1-10H2,(H,13,14)(H,15,16);3-12H2,1-2H3. The molecule has 0 saturated carbocycles. The van der Waals surface area contributed by atoms with Crippen molar-refractivity contribution >= 4 is 11.9 Å². The van der Waals surface area contributed by atoms with Gasteiger partial charge in [0.1, 0.15) is 0 Å². The average Bonchev–Trinajstić information content (AvgIpc) is 2.65. The molecule has 0 aliphatic carbocycles. The van der Waals surface area contributed by atoms with Gasteiger partial charge in [-0.2, -0.15) is 0 Å². The summed E-state index contributed by atoms with van der Waals surface area (Å²) < 4.78 is 0. The summed E-state index contributed by atoms with van der Waals surface area (Å²) in [6.45, 7) is 4.56. The van der Waals surface area contributed by atoms with Gasteiger partial charge in [-0.3, -0.25) is 9.59 Å². The number of aliphatic carboxylic acids is 2. The van der Waals surface area contributed by atoms with E-state index in [1.54, 1.807) is 0 Å². The van der Waals surface area contributed by atoms with Crippen LogP contribution in [0.15, 0.2) is 0 Å². The monoisotopic (exact) mass is 400 g/mol. The van der Waals surface area contributed by atoms with Gasteiger partial charge in [-0.25, -0.2) is 0 Å². The zero-order chi connectivity index (χ0) is 21.3. The maximum Gasteiger partial charge on any atom is 0.303 e. The Hall–Kier alpha value is -1.06. The summed E-state index contributed by atoms with van der Waals surface area (Å²) in [7, 11) is 0. The maximum absolute atomic E-state index is 10.2. The van der Waals surface area contributed by atoms with Gasteiger partial charge in [0.15, 0.2) is 0 Å². The summed E-state index contributed by atoms with van der Waals surface area (Å²) in [6.07, 6.45) is 23.0. The molecule has 0 heterocycles. The van der Waals surface area contributed by atoms with Crippen molar-refractivity contribution in [3.05, 3.63) is 0 Å². The molecule has 0 atom stereocenters. The van der Waals surface area contributed by atoms with Crippen molar-refractivity contribution in [3.8, 4) is 0 Å². The number of unbranched alkanes of at least 4 members (excludes halogenated alkanes) is 16. The Morgan fingerprint density at radius 2 is 0.643 bits per heavy atom. The molecule has 168 valence electrons. The molecule has 0 aliphatic heterocycles. The summed E-state index contributed by atoms with van der Waals surface area (Å²) >= 11 is 0. The van der Waals surface area contributed by atoms with Gasteiger partial charge in [0.05, 0.1) is 0 Å². The highest BCUT2D eigenvalue weighted by Gasteiger charge is 1.98. The van der Waals surface area contributed by atoms with Crippen LogP contribution in [0.3, 0.4) is 0 Å². The molecule has 0 spiro atoms. The zero-order valence-electron chi connectivity index (χ0n) is 18.9. The third kappa shape index (κ3) is 32.6. The van der Waals surface area contributed by atoms with E-state index < -0.39 is 11.9 Å². The van der Waals surface area contributed by atoms with Crippen LogP contribution in [-0.4, -0.2) is 22.2 Å². The lowest BCUT2D eigenvalue weighted by Gasteiger charge is -2.00. The highest BCUT2D eigenvalue weighted by atomic mass is 16.4. The fraction of sp³-hybridized carbons (Fsp3) is 0.917. The van der Waals surface area contributed by atoms with E-state index in [1.807, 2.05) is 0 Å². The summed E-state index contributed by atoms with van der Waals surface area (Å²) in [5.74, 6) is -1.43. The van der Waals surface area contributed by atoms with Gasteiger partial charge in [-0.15, -0.1) is 0 Å². The van der Waals surface area contributed by atoms with E-state index >= 15 is 0 Å². The summed E-state index contributed by atoms with van der Waals surface area (Å²) in [6, 6.07) is 0. The van der Waals surface area contributed by atoms with Crippen molar-refractivity contribution in [2.45, 2.75) is 142 Å². The fourth-order valence-corrected chi connectivity index (χ4v) is 3.17. The van der Waals surface area contributed by atoms with Crippen LogP contribution in [0.4, 0.5) is 0 Å². The van der Waals surface area contributed by atoms with Crippen LogP contribution < -0.4 is 0 Å². The first-order valence-corrected chi connectivity index (χ1v) is 12.0. The lowest BCUT2D eigenvalue weighted by atomic mass is 10.1. The van der Waals surface area contributed by atoms with Crippen LogP contribution in [-0.2, 0) is 9.59 Å². The number of rotatable bonds is 20. The Morgan fingerprint density at radius 3 is 0.857 bits per heavy atom. The number of hydrogen-bond donors (Lipinski definition) is 2. The van der Waals surface area contributed by atoms with Gasteiger partial charge in [-0.05, 0) is 12.8 Å². The first kappa shape index (κ1) is 29.1. The number of hydrogen-bond acceptors (Lipinski definition) is 2. The Morgan fingerprint density at radius 1 is 0.429 bits per heavy atom. The van der Waals surface area contributed by atoms with Crippen LogP contribution in [0.25, 0.3) is 0 Å². The topological polar surface area (TPSA) is 74.6 Å². The van der Waals surface area contributed by atoms with E-state index in [0.29, 0.717) is 0 Å². The number of carboxylic acid groups (broad SMARTS) is 2. The molecule has 0 amide bonds. The number of carbonyl (C=O) groups is 2. The predicted molar refractivity (Wildman–Crippen MR) is 119 cm³/mol. The number of carboxylic acids is 2. The van der Waals surface area contributed by atoms with E-state index in [0.717, 1.165) is 51.4 Å². The van der Waals surface area contributed by atoms with Crippen molar-refractivity contribution in [2.24, 2.45) is 0 Å². The van der Waals surface area contributed by atoms with Gasteiger partial charge in [0.2, 0.25) is 0 Å². The van der Waals surface area contributed by atoms with E-state index in [9.17, 15) is 9.59 Å². The van der Waals surface area contributed by atoms with E-state index in [-0.39, 0.29) is 12.8 Å². The maximum atomic E-state index is 10.2. The molecule has 4 nitrogen and oxygen atoms in total. The van der Waals surface area contributed by atoms with Crippen LogP contribution in [0, 0.1) is 0 Å². The average molecular weight is 401 g/mol. The Labute approximate surface area is 174 Å². The van der Waals surface area contributed by atoms with E-state index in [1.165, 1.54) is 64.2 Å². The van der Waals surface area contributed by atoms with Gasteiger partial charge in [0, 0.05) is 12.8 Å². The van der Waals surface area contributed by atoms with Crippen molar-refractivity contribution in [2.75, 3.05) is 0 Å². The van der Waals surface area contributed by atoms with Crippen LogP contribution >= 0.6 is 0 Å². The molecule has 0 bridgehead atoms. The SMILES string of the molecule is CCCCCCCCCCCC.O=C(O)CCCCCCCCCCC(=O)O. The Bertz CT molecular complexity index is 297. The molecule has 0 rings (SSSR count). The second kappa shape index (κ2) is 25.9. The van der Waals surface area contributed by atoms with Crippen molar-refractivity contribution in [1.29, 1.82) is 0 Å². The highest BCUT2D eigenvalue weighted by Crippen LogP contribution is 2.11. The quantitative estimate of drug-likeness (QED) is 0.203. The molecule has 4 heteroatoms. The van der Waals surface area contributed by atoms with Crippen LogP contribution in [0.1, 0.15) is 142 Å². The minimum atomic E-state index is -0.714. The Kier molecular flexibility index (Phi) is 27.0.